The lowest BCUT2D eigenvalue weighted by atomic mass is 10.1. The number of aryl methyl sites for hydroxylation is 2. The van der Waals surface area contributed by atoms with E-state index in [0.29, 0.717) is 28.2 Å². The fourth-order valence-electron chi connectivity index (χ4n) is 1.94. The van der Waals surface area contributed by atoms with Gasteiger partial charge in [-0.3, -0.25) is 9.59 Å². The molecule has 8 heteroatoms. The summed E-state index contributed by atoms with van der Waals surface area (Å²) in [6, 6.07) is 3.18. The van der Waals surface area contributed by atoms with Gasteiger partial charge in [-0.05, 0) is 43.5 Å². The summed E-state index contributed by atoms with van der Waals surface area (Å²) in [5.41, 5.74) is 1.22. The third kappa shape index (κ3) is 5.82. The summed E-state index contributed by atoms with van der Waals surface area (Å²) in [6.45, 7) is 3.45. The fraction of sp³-hybridized carbons (Fsp3) is 0.429. The molecule has 1 aromatic carbocycles. The third-order valence-electron chi connectivity index (χ3n) is 2.87. The van der Waals surface area contributed by atoms with Gasteiger partial charge in [0.05, 0.1) is 4.90 Å². The molecular formula is C14H19NO6S. The van der Waals surface area contributed by atoms with Crippen LogP contribution in [0.25, 0.3) is 0 Å². The molecular weight excluding hydrogens is 310 g/mol. The lowest BCUT2D eigenvalue weighted by molar-refractivity contribution is -0.137. The van der Waals surface area contributed by atoms with Gasteiger partial charge in [0.2, 0.25) is 0 Å². The average molecular weight is 329 g/mol. The quantitative estimate of drug-likeness (QED) is 0.488. The maximum absolute atomic E-state index is 11.5. The van der Waals surface area contributed by atoms with Crippen LogP contribution < -0.4 is 10.1 Å². The molecule has 122 valence electrons. The molecule has 0 spiro atoms. The van der Waals surface area contributed by atoms with E-state index >= 15 is 0 Å². The smallest absolute Gasteiger partial charge is 0.303 e. The van der Waals surface area contributed by atoms with Crippen molar-refractivity contribution in [3.63, 3.8) is 0 Å². The van der Waals surface area contributed by atoms with Gasteiger partial charge in [0.1, 0.15) is 5.75 Å². The maximum atomic E-state index is 11.5. The summed E-state index contributed by atoms with van der Waals surface area (Å²) in [5, 5.41) is 11.0. The van der Waals surface area contributed by atoms with Crippen molar-refractivity contribution in [3.8, 4) is 5.75 Å². The molecule has 0 aliphatic heterocycles. The van der Waals surface area contributed by atoms with Crippen LogP contribution in [-0.4, -0.2) is 38.9 Å². The van der Waals surface area contributed by atoms with Gasteiger partial charge in [-0.2, -0.15) is 0 Å². The number of carboxylic acids is 1. The van der Waals surface area contributed by atoms with Crippen LogP contribution in [0, 0.1) is 13.8 Å². The highest BCUT2D eigenvalue weighted by atomic mass is 32.2. The van der Waals surface area contributed by atoms with Crippen molar-refractivity contribution in [2.45, 2.75) is 31.6 Å². The SMILES string of the molecule is Cc1cc(OCC(=O)NCCCC(=O)O)cc(C)c1S(=O)O. The largest absolute Gasteiger partial charge is 0.484 e. The van der Waals surface area contributed by atoms with Crippen LogP contribution in [0.5, 0.6) is 5.75 Å². The van der Waals surface area contributed by atoms with Crippen LogP contribution in [0.4, 0.5) is 0 Å². The zero-order chi connectivity index (χ0) is 16.7. The zero-order valence-corrected chi connectivity index (χ0v) is 13.2. The molecule has 3 N–H and O–H groups in total. The topological polar surface area (TPSA) is 113 Å². The summed E-state index contributed by atoms with van der Waals surface area (Å²) in [5.74, 6) is -0.821. The number of benzene rings is 1. The molecule has 0 aliphatic carbocycles. The monoisotopic (exact) mass is 329 g/mol. The number of hydrogen-bond acceptors (Lipinski definition) is 4. The first-order valence-electron chi connectivity index (χ1n) is 6.64. The molecule has 0 heterocycles. The Morgan fingerprint density at radius 3 is 2.36 bits per heavy atom. The molecule has 0 aromatic heterocycles. The Kier molecular flexibility index (Phi) is 7.00. The van der Waals surface area contributed by atoms with E-state index < -0.39 is 17.0 Å². The Balaban J connectivity index is 2.49. The molecule has 1 rings (SSSR count). The predicted octanol–water partition coefficient (Wildman–Crippen LogP) is 1.24. The molecule has 0 bridgehead atoms. The molecule has 0 radical (unpaired) electrons. The highest BCUT2D eigenvalue weighted by molar-refractivity contribution is 7.79. The van der Waals surface area contributed by atoms with Gasteiger partial charge in [0.15, 0.2) is 17.7 Å². The number of nitrogens with one attached hydrogen (secondary N) is 1. The number of aliphatic carboxylic acids is 1. The van der Waals surface area contributed by atoms with Gasteiger partial charge in [0.25, 0.3) is 5.91 Å². The van der Waals surface area contributed by atoms with E-state index in [4.69, 9.17) is 9.84 Å². The van der Waals surface area contributed by atoms with Gasteiger partial charge in [-0.15, -0.1) is 0 Å². The lowest BCUT2D eigenvalue weighted by Gasteiger charge is -2.11. The number of ether oxygens (including phenoxy) is 1. The molecule has 0 saturated carbocycles. The number of carbonyl (C=O) groups is 2. The van der Waals surface area contributed by atoms with E-state index in [1.165, 1.54) is 0 Å². The number of hydrogen-bond donors (Lipinski definition) is 3. The van der Waals surface area contributed by atoms with E-state index in [-0.39, 0.29) is 25.5 Å². The molecule has 22 heavy (non-hydrogen) atoms. The maximum Gasteiger partial charge on any atom is 0.303 e. The number of rotatable bonds is 8. The second kappa shape index (κ2) is 8.50. The lowest BCUT2D eigenvalue weighted by Crippen LogP contribution is -2.30. The summed E-state index contributed by atoms with van der Waals surface area (Å²) >= 11 is -2.07. The Bertz CT molecular complexity index is 564. The van der Waals surface area contributed by atoms with Gasteiger partial charge >= 0.3 is 5.97 Å². The van der Waals surface area contributed by atoms with Crippen molar-refractivity contribution in [1.82, 2.24) is 5.32 Å². The summed E-state index contributed by atoms with van der Waals surface area (Å²) in [7, 11) is 0. The number of amides is 1. The highest BCUT2D eigenvalue weighted by Crippen LogP contribution is 2.24. The third-order valence-corrected chi connectivity index (χ3v) is 3.86. The van der Waals surface area contributed by atoms with Crippen LogP contribution in [-0.2, 0) is 20.7 Å². The standard InChI is InChI=1S/C14H19NO6S/c1-9-6-11(7-10(2)14(9)22(19)20)21-8-12(16)15-5-3-4-13(17)18/h6-7H,3-5,8H2,1-2H3,(H,15,16)(H,17,18)(H,19,20). The van der Waals surface area contributed by atoms with E-state index in [2.05, 4.69) is 5.32 Å². The zero-order valence-electron chi connectivity index (χ0n) is 12.4. The van der Waals surface area contributed by atoms with E-state index in [0.717, 1.165) is 0 Å². The average Bonchev–Trinajstić information content (AvgIpc) is 2.40. The second-order valence-electron chi connectivity index (χ2n) is 4.77. The number of carbonyl (C=O) groups excluding carboxylic acids is 1. The Morgan fingerprint density at radius 2 is 1.86 bits per heavy atom. The molecule has 1 amide bonds. The summed E-state index contributed by atoms with van der Waals surface area (Å²) < 4.78 is 25.7. The van der Waals surface area contributed by atoms with Crippen LogP contribution in [0.3, 0.4) is 0 Å². The summed E-state index contributed by atoms with van der Waals surface area (Å²) in [4.78, 5) is 22.2. The van der Waals surface area contributed by atoms with Crippen molar-refractivity contribution in [3.05, 3.63) is 23.3 Å². The van der Waals surface area contributed by atoms with Gasteiger partial charge < -0.3 is 19.7 Å². The first-order valence-corrected chi connectivity index (χ1v) is 7.75. The van der Waals surface area contributed by atoms with Crippen molar-refractivity contribution in [1.29, 1.82) is 0 Å². The van der Waals surface area contributed by atoms with Gasteiger partial charge in [-0.1, -0.05) is 0 Å². The van der Waals surface area contributed by atoms with E-state index in [9.17, 15) is 18.4 Å². The minimum absolute atomic E-state index is 0.000706. The summed E-state index contributed by atoms with van der Waals surface area (Å²) in [6.07, 6.45) is 0.357. The molecule has 0 saturated heterocycles. The molecule has 1 aromatic rings. The number of carboxylic acid groups (broad SMARTS) is 1. The first kappa shape index (κ1) is 18.1. The van der Waals surface area contributed by atoms with Crippen LogP contribution in [0.15, 0.2) is 17.0 Å². The fourth-order valence-corrected chi connectivity index (χ4v) is 2.61. The molecule has 1 unspecified atom stereocenters. The minimum atomic E-state index is -2.07. The first-order chi connectivity index (χ1) is 10.3. The Labute approximate surface area is 131 Å². The molecule has 1 atom stereocenters. The highest BCUT2D eigenvalue weighted by Gasteiger charge is 2.11. The van der Waals surface area contributed by atoms with Crippen molar-refractivity contribution in [2.75, 3.05) is 13.2 Å². The Morgan fingerprint density at radius 1 is 1.27 bits per heavy atom. The van der Waals surface area contributed by atoms with Gasteiger partial charge in [0, 0.05) is 13.0 Å². The normalized spacial score (nSPS) is 11.8. The van der Waals surface area contributed by atoms with Crippen molar-refractivity contribution < 1.29 is 28.2 Å². The van der Waals surface area contributed by atoms with E-state index in [1.54, 1.807) is 26.0 Å². The van der Waals surface area contributed by atoms with E-state index in [1.807, 2.05) is 0 Å². The van der Waals surface area contributed by atoms with Crippen molar-refractivity contribution >= 4 is 23.0 Å². The Hall–Kier alpha value is -1.93. The molecule has 0 fully saturated rings. The second-order valence-corrected chi connectivity index (χ2v) is 5.68. The van der Waals surface area contributed by atoms with Crippen LogP contribution in [0.1, 0.15) is 24.0 Å². The molecule has 0 aliphatic rings. The van der Waals surface area contributed by atoms with Crippen molar-refractivity contribution in [2.24, 2.45) is 0 Å². The van der Waals surface area contributed by atoms with Gasteiger partial charge in [-0.25, -0.2) is 4.21 Å². The minimum Gasteiger partial charge on any atom is -0.484 e. The van der Waals surface area contributed by atoms with Crippen LogP contribution >= 0.6 is 0 Å². The predicted molar refractivity (Wildman–Crippen MR) is 80.3 cm³/mol. The molecule has 7 nitrogen and oxygen atoms in total. The van der Waals surface area contributed by atoms with Crippen LogP contribution in [0.2, 0.25) is 0 Å².